The Labute approximate surface area is 106 Å². The molecule has 1 aliphatic heterocycles. The van der Waals surface area contributed by atoms with E-state index in [1.165, 1.54) is 0 Å². The summed E-state index contributed by atoms with van der Waals surface area (Å²) < 4.78 is 23.9. The largest absolute Gasteiger partial charge is 0.376 e. The molecule has 0 aliphatic carbocycles. The summed E-state index contributed by atoms with van der Waals surface area (Å²) in [4.78, 5) is 4.70. The van der Waals surface area contributed by atoms with E-state index in [1.807, 2.05) is 36.4 Å². The molecule has 0 radical (unpaired) electrons. The molecule has 1 aliphatic rings. The van der Waals surface area contributed by atoms with Gasteiger partial charge in [0.1, 0.15) is 6.07 Å². The summed E-state index contributed by atoms with van der Waals surface area (Å²) in [5.74, 6) is -0.0165. The maximum atomic E-state index is 11.9. The zero-order valence-corrected chi connectivity index (χ0v) is 10.4. The number of nitriles is 1. The molecule has 0 bridgehead atoms. The molecular formula is C12H12N2O3S. The quantitative estimate of drug-likeness (QED) is 0.823. The van der Waals surface area contributed by atoms with Crippen molar-refractivity contribution in [3.8, 4) is 6.07 Å². The van der Waals surface area contributed by atoms with Crippen LogP contribution in [-0.4, -0.2) is 25.3 Å². The lowest BCUT2D eigenvalue weighted by molar-refractivity contribution is 0.125. The van der Waals surface area contributed by atoms with Crippen molar-refractivity contribution >= 4 is 14.9 Å². The van der Waals surface area contributed by atoms with E-state index in [-0.39, 0.29) is 17.2 Å². The van der Waals surface area contributed by atoms with Crippen LogP contribution in [0.25, 0.3) is 0 Å². The number of benzene rings is 1. The fraction of sp³-hybridized carbons (Fsp3) is 0.333. The van der Waals surface area contributed by atoms with Crippen molar-refractivity contribution in [2.75, 3.05) is 5.75 Å². The molecule has 0 spiro atoms. The number of nitrogens with zero attached hydrogens (tertiary/aromatic N) is 2. The monoisotopic (exact) mass is 264 g/mol. The Morgan fingerprint density at radius 2 is 2.11 bits per heavy atom. The van der Waals surface area contributed by atoms with Crippen LogP contribution >= 0.6 is 0 Å². The molecule has 6 heteroatoms. The minimum absolute atomic E-state index is 0.0165. The molecule has 2 rings (SSSR count). The van der Waals surface area contributed by atoms with Crippen molar-refractivity contribution in [2.24, 2.45) is 5.16 Å². The van der Waals surface area contributed by atoms with Crippen LogP contribution in [0.5, 0.6) is 0 Å². The van der Waals surface area contributed by atoms with Crippen LogP contribution in [0.4, 0.5) is 0 Å². The molecule has 1 aromatic carbocycles. The molecule has 1 heterocycles. The number of aryl methyl sites for hydroxylation is 1. The predicted molar refractivity (Wildman–Crippen MR) is 66.5 cm³/mol. The van der Waals surface area contributed by atoms with E-state index in [9.17, 15) is 8.42 Å². The highest BCUT2D eigenvalue weighted by atomic mass is 32.2. The van der Waals surface area contributed by atoms with E-state index in [1.54, 1.807) is 0 Å². The van der Waals surface area contributed by atoms with E-state index in [0.717, 1.165) is 5.56 Å². The van der Waals surface area contributed by atoms with Crippen molar-refractivity contribution in [3.63, 3.8) is 0 Å². The van der Waals surface area contributed by atoms with Crippen molar-refractivity contribution in [1.82, 2.24) is 0 Å². The van der Waals surface area contributed by atoms with Crippen LogP contribution in [-0.2, 0) is 21.1 Å². The maximum Gasteiger partial charge on any atom is 0.218 e. The Kier molecular flexibility index (Phi) is 3.63. The molecule has 1 unspecified atom stereocenters. The lowest BCUT2D eigenvalue weighted by atomic mass is 10.2. The summed E-state index contributed by atoms with van der Waals surface area (Å²) in [7, 11) is -3.43. The smallest absolute Gasteiger partial charge is 0.218 e. The highest BCUT2D eigenvalue weighted by molar-refractivity contribution is 8.06. The van der Waals surface area contributed by atoms with Gasteiger partial charge in [-0.3, -0.25) is 0 Å². The van der Waals surface area contributed by atoms with Gasteiger partial charge in [0.15, 0.2) is 14.9 Å². The van der Waals surface area contributed by atoms with E-state index < -0.39 is 15.9 Å². The molecule has 0 amide bonds. The van der Waals surface area contributed by atoms with Gasteiger partial charge in [-0.2, -0.15) is 5.26 Å². The molecule has 1 atom stereocenters. The van der Waals surface area contributed by atoms with Crippen LogP contribution in [0, 0.1) is 11.3 Å². The van der Waals surface area contributed by atoms with Crippen LogP contribution in [0.3, 0.4) is 0 Å². The zero-order chi connectivity index (χ0) is 13.0. The average molecular weight is 264 g/mol. The van der Waals surface area contributed by atoms with Gasteiger partial charge in [0.2, 0.25) is 6.10 Å². The van der Waals surface area contributed by atoms with Gasteiger partial charge < -0.3 is 4.84 Å². The van der Waals surface area contributed by atoms with Crippen molar-refractivity contribution in [1.29, 1.82) is 5.26 Å². The fourth-order valence-corrected chi connectivity index (χ4v) is 2.93. The minimum Gasteiger partial charge on any atom is -0.376 e. The first-order valence-corrected chi connectivity index (χ1v) is 7.16. The number of sulfone groups is 1. The average Bonchev–Trinajstić information content (AvgIpc) is 2.87. The molecule has 1 aromatic rings. The molecular weight excluding hydrogens is 252 g/mol. The molecule has 18 heavy (non-hydrogen) atoms. The second kappa shape index (κ2) is 5.19. The highest BCUT2D eigenvalue weighted by Crippen LogP contribution is 2.15. The summed E-state index contributed by atoms with van der Waals surface area (Å²) in [5, 5.41) is 12.1. The van der Waals surface area contributed by atoms with Crippen LogP contribution < -0.4 is 0 Å². The Balaban J connectivity index is 1.99. The number of rotatable bonds is 3. The third-order valence-electron chi connectivity index (χ3n) is 2.65. The molecule has 0 saturated carbocycles. The van der Waals surface area contributed by atoms with Gasteiger partial charge >= 0.3 is 0 Å². The Hall–Kier alpha value is -1.87. The Morgan fingerprint density at radius 3 is 2.72 bits per heavy atom. The first kappa shape index (κ1) is 12.6. The number of hydrogen-bond donors (Lipinski definition) is 0. The van der Waals surface area contributed by atoms with Gasteiger partial charge in [-0.05, 0) is 12.0 Å². The highest BCUT2D eigenvalue weighted by Gasteiger charge is 2.30. The number of hydrogen-bond acceptors (Lipinski definition) is 5. The summed E-state index contributed by atoms with van der Waals surface area (Å²) in [6.45, 7) is 0. The minimum atomic E-state index is -3.43. The van der Waals surface area contributed by atoms with Crippen molar-refractivity contribution < 1.29 is 13.3 Å². The van der Waals surface area contributed by atoms with E-state index in [2.05, 4.69) is 5.16 Å². The van der Waals surface area contributed by atoms with Gasteiger partial charge in [-0.25, -0.2) is 8.42 Å². The topological polar surface area (TPSA) is 79.5 Å². The summed E-state index contributed by atoms with van der Waals surface area (Å²) in [5.41, 5.74) is 0.956. The standard InChI is InChI=1S/C12H12N2O3S/c13-9-11-8-12(14-17-11)18(15,16)7-6-10-4-2-1-3-5-10/h1-5,11H,6-8H2. The second-order valence-electron chi connectivity index (χ2n) is 3.97. The summed E-state index contributed by atoms with van der Waals surface area (Å²) in [6.07, 6.45) is -0.293. The van der Waals surface area contributed by atoms with E-state index in [4.69, 9.17) is 10.1 Å². The van der Waals surface area contributed by atoms with Crippen molar-refractivity contribution in [3.05, 3.63) is 35.9 Å². The number of oxime groups is 1. The molecule has 0 fully saturated rings. The lowest BCUT2D eigenvalue weighted by Gasteiger charge is -2.02. The van der Waals surface area contributed by atoms with Gasteiger partial charge in [0, 0.05) is 0 Å². The lowest BCUT2D eigenvalue weighted by Crippen LogP contribution is -2.19. The second-order valence-corrected chi connectivity index (χ2v) is 6.08. The molecule has 94 valence electrons. The summed E-state index contributed by atoms with van der Waals surface area (Å²) >= 11 is 0. The normalized spacial score (nSPS) is 18.8. The van der Waals surface area contributed by atoms with Crippen molar-refractivity contribution in [2.45, 2.75) is 18.9 Å². The van der Waals surface area contributed by atoms with Gasteiger partial charge in [0.25, 0.3) is 0 Å². The Morgan fingerprint density at radius 1 is 1.39 bits per heavy atom. The van der Waals surface area contributed by atoms with Gasteiger partial charge in [0.05, 0.1) is 12.2 Å². The first-order valence-electron chi connectivity index (χ1n) is 5.51. The SMILES string of the molecule is N#CC1CC(S(=O)(=O)CCc2ccccc2)=NO1. The zero-order valence-electron chi connectivity index (χ0n) is 9.61. The third-order valence-corrected chi connectivity index (χ3v) is 4.35. The molecule has 5 nitrogen and oxygen atoms in total. The van der Waals surface area contributed by atoms with E-state index in [0.29, 0.717) is 6.42 Å². The maximum absolute atomic E-state index is 11.9. The molecule has 0 aromatic heterocycles. The summed E-state index contributed by atoms with van der Waals surface area (Å²) in [6, 6.07) is 11.2. The fourth-order valence-electron chi connectivity index (χ4n) is 1.62. The molecule has 0 saturated heterocycles. The van der Waals surface area contributed by atoms with Crippen LogP contribution in [0.2, 0.25) is 0 Å². The van der Waals surface area contributed by atoms with Crippen LogP contribution in [0.1, 0.15) is 12.0 Å². The van der Waals surface area contributed by atoms with Gasteiger partial charge in [-0.1, -0.05) is 35.5 Å². The van der Waals surface area contributed by atoms with Crippen LogP contribution in [0.15, 0.2) is 35.5 Å². The first-order chi connectivity index (χ1) is 8.62. The van der Waals surface area contributed by atoms with E-state index >= 15 is 0 Å². The van der Waals surface area contributed by atoms with Gasteiger partial charge in [-0.15, -0.1) is 0 Å². The predicted octanol–water partition coefficient (Wildman–Crippen LogP) is 1.27. The third kappa shape index (κ3) is 2.87. The molecule has 0 N–H and O–H groups in total. The Bertz CT molecular complexity index is 587.